The van der Waals surface area contributed by atoms with Crippen LogP contribution in [0.1, 0.15) is 55.5 Å². The van der Waals surface area contributed by atoms with Crippen LogP contribution < -0.4 is 10.2 Å². The summed E-state index contributed by atoms with van der Waals surface area (Å²) in [5.74, 6) is -0.00762. The molecule has 160 valence electrons. The van der Waals surface area contributed by atoms with E-state index in [1.807, 2.05) is 67.3 Å². The van der Waals surface area contributed by atoms with Gasteiger partial charge in [-0.15, -0.1) is 0 Å². The van der Waals surface area contributed by atoms with E-state index in [0.717, 1.165) is 37.2 Å². The maximum atomic E-state index is 13.2. The van der Waals surface area contributed by atoms with Crippen LogP contribution in [-0.4, -0.2) is 42.9 Å². The van der Waals surface area contributed by atoms with Crippen LogP contribution in [0.15, 0.2) is 48.5 Å². The summed E-state index contributed by atoms with van der Waals surface area (Å²) in [7, 11) is 0. The Balaban J connectivity index is 1.77. The molecule has 2 aromatic rings. The van der Waals surface area contributed by atoms with Gasteiger partial charge in [0.2, 0.25) is 5.91 Å². The summed E-state index contributed by atoms with van der Waals surface area (Å²) in [6.07, 6.45) is 4.65. The van der Waals surface area contributed by atoms with Crippen molar-refractivity contribution in [2.24, 2.45) is 0 Å². The van der Waals surface area contributed by atoms with Crippen LogP contribution >= 0.6 is 0 Å². The lowest BCUT2D eigenvalue weighted by Crippen LogP contribution is -2.35. The Morgan fingerprint density at radius 1 is 0.967 bits per heavy atom. The molecule has 0 aromatic heterocycles. The van der Waals surface area contributed by atoms with E-state index in [-0.39, 0.29) is 11.8 Å². The number of amides is 2. The van der Waals surface area contributed by atoms with Gasteiger partial charge in [-0.05, 0) is 63.3 Å². The van der Waals surface area contributed by atoms with Gasteiger partial charge in [0.05, 0.1) is 5.56 Å². The summed E-state index contributed by atoms with van der Waals surface area (Å²) in [6, 6.07) is 15.8. The number of benzene rings is 2. The molecule has 5 heteroatoms. The number of hydrogen-bond donors (Lipinski definition) is 1. The number of rotatable bonds is 8. The quantitative estimate of drug-likeness (QED) is 0.688. The fourth-order valence-corrected chi connectivity index (χ4v) is 4.00. The molecular formula is C25H33N3O2. The van der Waals surface area contributed by atoms with Crippen LogP contribution in [-0.2, 0) is 11.2 Å². The van der Waals surface area contributed by atoms with E-state index in [1.54, 1.807) is 0 Å². The molecule has 1 aliphatic rings. The highest BCUT2D eigenvalue weighted by Gasteiger charge is 2.22. The molecule has 1 heterocycles. The van der Waals surface area contributed by atoms with Crippen LogP contribution in [0.2, 0.25) is 0 Å². The zero-order chi connectivity index (χ0) is 21.3. The van der Waals surface area contributed by atoms with E-state index in [2.05, 4.69) is 10.2 Å². The molecule has 0 bridgehead atoms. The third-order valence-electron chi connectivity index (χ3n) is 5.74. The molecule has 3 rings (SSSR count). The molecule has 0 unspecified atom stereocenters. The first-order chi connectivity index (χ1) is 14.6. The van der Waals surface area contributed by atoms with Crippen LogP contribution in [0.4, 0.5) is 11.4 Å². The molecule has 2 amide bonds. The summed E-state index contributed by atoms with van der Waals surface area (Å²) < 4.78 is 0. The Bertz CT molecular complexity index is 841. The zero-order valence-electron chi connectivity index (χ0n) is 18.2. The van der Waals surface area contributed by atoms with Gasteiger partial charge < -0.3 is 15.1 Å². The van der Waals surface area contributed by atoms with Crippen molar-refractivity contribution in [2.45, 2.75) is 46.0 Å². The molecule has 30 heavy (non-hydrogen) atoms. The SMILES string of the molecule is CCN(CC)C(=O)c1cc(NC(=O)CCc2ccccc2)ccc1N1CCCCC1. The number of piperidine rings is 1. The predicted octanol–water partition coefficient (Wildman–Crippen LogP) is 4.73. The maximum absolute atomic E-state index is 13.2. The number of hydrogen-bond acceptors (Lipinski definition) is 3. The highest BCUT2D eigenvalue weighted by atomic mass is 16.2. The van der Waals surface area contributed by atoms with Gasteiger partial charge in [0.15, 0.2) is 0 Å². The van der Waals surface area contributed by atoms with Crippen LogP contribution in [0.5, 0.6) is 0 Å². The molecule has 5 nitrogen and oxygen atoms in total. The molecular weight excluding hydrogens is 374 g/mol. The van der Waals surface area contributed by atoms with E-state index in [4.69, 9.17) is 0 Å². The van der Waals surface area contributed by atoms with Crippen molar-refractivity contribution >= 4 is 23.2 Å². The standard InChI is InChI=1S/C25H33N3O2/c1-3-27(4-2)25(30)22-19-21(14-15-23(22)28-17-9-6-10-18-28)26-24(29)16-13-20-11-7-5-8-12-20/h5,7-8,11-12,14-15,19H,3-4,6,9-10,13,16-18H2,1-2H3,(H,26,29). The third-order valence-corrected chi connectivity index (χ3v) is 5.74. The summed E-state index contributed by atoms with van der Waals surface area (Å²) in [5.41, 5.74) is 3.49. The van der Waals surface area contributed by atoms with Crippen molar-refractivity contribution < 1.29 is 9.59 Å². The Morgan fingerprint density at radius 3 is 2.33 bits per heavy atom. The number of nitrogens with one attached hydrogen (secondary N) is 1. The minimum atomic E-state index is -0.0363. The lowest BCUT2D eigenvalue weighted by Gasteiger charge is -2.31. The van der Waals surface area contributed by atoms with Crippen molar-refractivity contribution in [1.29, 1.82) is 0 Å². The van der Waals surface area contributed by atoms with E-state index in [1.165, 1.54) is 6.42 Å². The molecule has 1 saturated heterocycles. The molecule has 0 aliphatic carbocycles. The van der Waals surface area contributed by atoms with E-state index in [0.29, 0.717) is 37.2 Å². The predicted molar refractivity (Wildman–Crippen MR) is 123 cm³/mol. The largest absolute Gasteiger partial charge is 0.371 e. The summed E-state index contributed by atoms with van der Waals surface area (Å²) in [5, 5.41) is 2.98. The molecule has 0 saturated carbocycles. The van der Waals surface area contributed by atoms with Gasteiger partial charge in [-0.1, -0.05) is 30.3 Å². The second-order valence-electron chi connectivity index (χ2n) is 7.79. The second-order valence-corrected chi connectivity index (χ2v) is 7.79. The lowest BCUT2D eigenvalue weighted by atomic mass is 10.0. The van der Waals surface area contributed by atoms with Gasteiger partial charge in [-0.2, -0.15) is 0 Å². The number of anilines is 2. The first-order valence-electron chi connectivity index (χ1n) is 11.1. The molecule has 0 radical (unpaired) electrons. The average Bonchev–Trinajstić information content (AvgIpc) is 2.79. The van der Waals surface area contributed by atoms with Crippen LogP contribution in [0.3, 0.4) is 0 Å². The first kappa shape index (κ1) is 21.9. The number of carbonyl (C=O) groups is 2. The second kappa shape index (κ2) is 10.8. The molecule has 1 N–H and O–H groups in total. The summed E-state index contributed by atoms with van der Waals surface area (Å²) >= 11 is 0. The first-order valence-corrected chi connectivity index (χ1v) is 11.1. The molecule has 0 atom stereocenters. The lowest BCUT2D eigenvalue weighted by molar-refractivity contribution is -0.116. The van der Waals surface area contributed by atoms with Gasteiger partial charge in [-0.25, -0.2) is 0 Å². The summed E-state index contributed by atoms with van der Waals surface area (Å²) in [4.78, 5) is 29.8. The highest BCUT2D eigenvalue weighted by molar-refractivity contribution is 6.02. The van der Waals surface area contributed by atoms with Gasteiger partial charge >= 0.3 is 0 Å². The minimum absolute atomic E-state index is 0.0287. The third kappa shape index (κ3) is 5.62. The van der Waals surface area contributed by atoms with Crippen molar-refractivity contribution in [3.8, 4) is 0 Å². The van der Waals surface area contributed by atoms with Gasteiger partial charge in [-0.3, -0.25) is 9.59 Å². The fourth-order valence-electron chi connectivity index (χ4n) is 4.00. The van der Waals surface area contributed by atoms with Gasteiger partial charge in [0.1, 0.15) is 0 Å². The van der Waals surface area contributed by atoms with E-state index < -0.39 is 0 Å². The Labute approximate surface area is 180 Å². The van der Waals surface area contributed by atoms with Crippen molar-refractivity contribution in [3.05, 3.63) is 59.7 Å². The topological polar surface area (TPSA) is 52.7 Å². The van der Waals surface area contributed by atoms with E-state index >= 15 is 0 Å². The van der Waals surface area contributed by atoms with Crippen molar-refractivity contribution in [3.63, 3.8) is 0 Å². The Kier molecular flexibility index (Phi) is 7.89. The number of nitrogens with zero attached hydrogens (tertiary/aromatic N) is 2. The van der Waals surface area contributed by atoms with Gasteiger partial charge in [0.25, 0.3) is 5.91 Å². The molecule has 1 fully saturated rings. The van der Waals surface area contributed by atoms with Crippen molar-refractivity contribution in [1.82, 2.24) is 4.90 Å². The summed E-state index contributed by atoms with van der Waals surface area (Å²) in [6.45, 7) is 7.28. The van der Waals surface area contributed by atoms with Crippen LogP contribution in [0.25, 0.3) is 0 Å². The Hall–Kier alpha value is -2.82. The highest BCUT2D eigenvalue weighted by Crippen LogP contribution is 2.28. The zero-order valence-corrected chi connectivity index (χ0v) is 18.2. The normalized spacial score (nSPS) is 13.7. The smallest absolute Gasteiger partial charge is 0.256 e. The van der Waals surface area contributed by atoms with Crippen molar-refractivity contribution in [2.75, 3.05) is 36.4 Å². The monoisotopic (exact) mass is 407 g/mol. The number of carbonyl (C=O) groups excluding carboxylic acids is 2. The molecule has 0 spiro atoms. The van der Waals surface area contributed by atoms with E-state index in [9.17, 15) is 9.59 Å². The van der Waals surface area contributed by atoms with Gasteiger partial charge in [0, 0.05) is 44.0 Å². The fraction of sp³-hybridized carbons (Fsp3) is 0.440. The number of aryl methyl sites for hydroxylation is 1. The van der Waals surface area contributed by atoms with Crippen LogP contribution in [0, 0.1) is 0 Å². The molecule has 1 aliphatic heterocycles. The average molecular weight is 408 g/mol. The Morgan fingerprint density at radius 2 is 1.67 bits per heavy atom. The maximum Gasteiger partial charge on any atom is 0.256 e. The minimum Gasteiger partial charge on any atom is -0.371 e. The molecule has 2 aromatic carbocycles.